The third-order valence-corrected chi connectivity index (χ3v) is 2.85. The number of amides is 1. The number of rotatable bonds is 6. The standard InChI is InChI=1S/C12H15F2N5O2/c1-3-9-15-10(21-17-9)7-18(4-2)11(20)8-5-6-19(16-8)12(13)14/h5-6,12H,3-4,7H2,1-2H3. The van der Waals surface area contributed by atoms with Crippen molar-refractivity contribution < 1.29 is 18.1 Å². The summed E-state index contributed by atoms with van der Waals surface area (Å²) in [5, 5.41) is 7.29. The van der Waals surface area contributed by atoms with Gasteiger partial charge in [-0.1, -0.05) is 12.1 Å². The Morgan fingerprint density at radius 1 is 1.48 bits per heavy atom. The van der Waals surface area contributed by atoms with Crippen LogP contribution >= 0.6 is 0 Å². The quantitative estimate of drug-likeness (QED) is 0.814. The SMILES string of the molecule is CCc1noc(CN(CC)C(=O)c2ccn(C(F)F)n2)n1. The van der Waals surface area contributed by atoms with E-state index in [0.29, 0.717) is 29.4 Å². The molecular weight excluding hydrogens is 284 g/mol. The van der Waals surface area contributed by atoms with Crippen LogP contribution in [0.25, 0.3) is 0 Å². The number of nitrogens with zero attached hydrogens (tertiary/aromatic N) is 5. The molecule has 7 nitrogen and oxygen atoms in total. The lowest BCUT2D eigenvalue weighted by molar-refractivity contribution is 0.0549. The summed E-state index contributed by atoms with van der Waals surface area (Å²) in [6.45, 7) is 1.35. The van der Waals surface area contributed by atoms with Gasteiger partial charge in [0.1, 0.15) is 6.54 Å². The number of aromatic nitrogens is 4. The molecule has 0 N–H and O–H groups in total. The van der Waals surface area contributed by atoms with Gasteiger partial charge in [-0.25, -0.2) is 4.68 Å². The molecule has 0 bridgehead atoms. The van der Waals surface area contributed by atoms with E-state index >= 15 is 0 Å². The molecule has 0 saturated carbocycles. The molecule has 2 aromatic rings. The van der Waals surface area contributed by atoms with Crippen LogP contribution in [0.1, 0.15) is 42.6 Å². The molecule has 0 aromatic carbocycles. The molecule has 0 atom stereocenters. The fraction of sp³-hybridized carbons (Fsp3) is 0.500. The largest absolute Gasteiger partial charge is 0.337 e. The Bertz CT molecular complexity index is 610. The van der Waals surface area contributed by atoms with E-state index in [-0.39, 0.29) is 12.2 Å². The first-order valence-electron chi connectivity index (χ1n) is 6.49. The Balaban J connectivity index is 2.10. The second-order valence-electron chi connectivity index (χ2n) is 4.24. The molecule has 21 heavy (non-hydrogen) atoms. The second kappa shape index (κ2) is 6.42. The molecule has 1 amide bonds. The molecule has 0 fully saturated rings. The average Bonchev–Trinajstić information content (AvgIpc) is 3.13. The van der Waals surface area contributed by atoms with Crippen molar-refractivity contribution in [1.29, 1.82) is 0 Å². The molecule has 114 valence electrons. The monoisotopic (exact) mass is 299 g/mol. The van der Waals surface area contributed by atoms with Gasteiger partial charge < -0.3 is 9.42 Å². The molecule has 9 heteroatoms. The van der Waals surface area contributed by atoms with Crippen LogP contribution in [0.2, 0.25) is 0 Å². The summed E-state index contributed by atoms with van der Waals surface area (Å²) in [4.78, 5) is 17.7. The molecule has 2 aromatic heterocycles. The Labute approximate surface area is 119 Å². The lowest BCUT2D eigenvalue weighted by atomic mass is 10.3. The average molecular weight is 299 g/mol. The van der Waals surface area contributed by atoms with Crippen LogP contribution in [0.5, 0.6) is 0 Å². The Hall–Kier alpha value is -2.32. The molecule has 0 aliphatic rings. The van der Waals surface area contributed by atoms with E-state index in [1.54, 1.807) is 6.92 Å². The summed E-state index contributed by atoms with van der Waals surface area (Å²) in [5.74, 6) is 0.388. The third-order valence-electron chi connectivity index (χ3n) is 2.85. The van der Waals surface area contributed by atoms with Crippen molar-refractivity contribution >= 4 is 5.91 Å². The maximum atomic E-state index is 12.5. The number of hydrogen-bond donors (Lipinski definition) is 0. The smallest absolute Gasteiger partial charge is 0.333 e. The molecule has 0 aliphatic carbocycles. The normalized spacial score (nSPS) is 11.1. The van der Waals surface area contributed by atoms with E-state index in [1.807, 2.05) is 6.92 Å². The first-order valence-corrected chi connectivity index (χ1v) is 6.49. The van der Waals surface area contributed by atoms with Gasteiger partial charge in [0.2, 0.25) is 5.89 Å². The highest BCUT2D eigenvalue weighted by Gasteiger charge is 2.21. The third kappa shape index (κ3) is 3.41. The van der Waals surface area contributed by atoms with Gasteiger partial charge in [-0.2, -0.15) is 18.9 Å². The molecule has 0 unspecified atom stereocenters. The molecule has 2 rings (SSSR count). The van der Waals surface area contributed by atoms with Crippen LogP contribution < -0.4 is 0 Å². The minimum absolute atomic E-state index is 0.0487. The highest BCUT2D eigenvalue weighted by Crippen LogP contribution is 2.12. The highest BCUT2D eigenvalue weighted by molar-refractivity contribution is 5.92. The van der Waals surface area contributed by atoms with E-state index in [2.05, 4.69) is 15.2 Å². The molecule has 2 heterocycles. The molecule has 0 aliphatic heterocycles. The fourth-order valence-electron chi connectivity index (χ4n) is 1.71. The van der Waals surface area contributed by atoms with Gasteiger partial charge >= 0.3 is 6.55 Å². The first-order chi connectivity index (χ1) is 10.0. The van der Waals surface area contributed by atoms with Crippen LogP contribution in [0.15, 0.2) is 16.8 Å². The second-order valence-corrected chi connectivity index (χ2v) is 4.24. The van der Waals surface area contributed by atoms with Crippen molar-refractivity contribution in [1.82, 2.24) is 24.8 Å². The van der Waals surface area contributed by atoms with Gasteiger partial charge in [0, 0.05) is 19.2 Å². The molecule has 0 saturated heterocycles. The van der Waals surface area contributed by atoms with E-state index in [1.165, 1.54) is 11.0 Å². The Morgan fingerprint density at radius 3 is 2.76 bits per heavy atom. The summed E-state index contributed by atoms with van der Waals surface area (Å²) in [5.41, 5.74) is -0.0487. The van der Waals surface area contributed by atoms with Gasteiger partial charge in [0.05, 0.1) is 0 Å². The molecular formula is C12H15F2N5O2. The minimum Gasteiger partial charge on any atom is -0.337 e. The van der Waals surface area contributed by atoms with Gasteiger partial charge in [0.25, 0.3) is 5.91 Å². The lowest BCUT2D eigenvalue weighted by Gasteiger charge is -2.17. The maximum absolute atomic E-state index is 12.5. The first kappa shape index (κ1) is 15.1. The fourth-order valence-corrected chi connectivity index (χ4v) is 1.71. The van der Waals surface area contributed by atoms with E-state index in [0.717, 1.165) is 6.20 Å². The van der Waals surface area contributed by atoms with Crippen LogP contribution in [0.4, 0.5) is 8.78 Å². The summed E-state index contributed by atoms with van der Waals surface area (Å²) in [6, 6.07) is 1.25. The van der Waals surface area contributed by atoms with Crippen LogP contribution in [0.3, 0.4) is 0 Å². The van der Waals surface area contributed by atoms with E-state index in [4.69, 9.17) is 4.52 Å². The predicted molar refractivity (Wildman–Crippen MR) is 67.6 cm³/mol. The Morgan fingerprint density at radius 2 is 2.24 bits per heavy atom. The van der Waals surface area contributed by atoms with Gasteiger partial charge in [-0.05, 0) is 13.0 Å². The number of hydrogen-bond acceptors (Lipinski definition) is 5. The molecule has 0 spiro atoms. The zero-order valence-corrected chi connectivity index (χ0v) is 11.7. The zero-order chi connectivity index (χ0) is 15.4. The summed E-state index contributed by atoms with van der Waals surface area (Å²) in [7, 11) is 0. The number of halogens is 2. The topological polar surface area (TPSA) is 77.0 Å². The van der Waals surface area contributed by atoms with Crippen molar-refractivity contribution in [3.05, 3.63) is 29.7 Å². The van der Waals surface area contributed by atoms with Crippen molar-refractivity contribution in [2.45, 2.75) is 33.4 Å². The van der Waals surface area contributed by atoms with Crippen LogP contribution in [-0.2, 0) is 13.0 Å². The lowest BCUT2D eigenvalue weighted by Crippen LogP contribution is -2.31. The number of alkyl halides is 2. The number of aryl methyl sites for hydroxylation is 1. The van der Waals surface area contributed by atoms with Gasteiger partial charge in [0.15, 0.2) is 11.5 Å². The Kier molecular flexibility index (Phi) is 4.61. The number of carbonyl (C=O) groups excluding carboxylic acids is 1. The van der Waals surface area contributed by atoms with Gasteiger partial charge in [-0.3, -0.25) is 4.79 Å². The van der Waals surface area contributed by atoms with Crippen LogP contribution in [0, 0.1) is 0 Å². The van der Waals surface area contributed by atoms with Crippen LogP contribution in [-0.4, -0.2) is 37.3 Å². The van der Waals surface area contributed by atoms with Gasteiger partial charge in [-0.15, -0.1) is 0 Å². The maximum Gasteiger partial charge on any atom is 0.333 e. The number of carbonyl (C=O) groups is 1. The summed E-state index contributed by atoms with van der Waals surface area (Å²) < 4.78 is 30.4. The minimum atomic E-state index is -2.77. The zero-order valence-electron chi connectivity index (χ0n) is 11.7. The summed E-state index contributed by atoms with van der Waals surface area (Å²) in [6.07, 6.45) is 1.69. The summed E-state index contributed by atoms with van der Waals surface area (Å²) >= 11 is 0. The van der Waals surface area contributed by atoms with E-state index < -0.39 is 12.5 Å². The van der Waals surface area contributed by atoms with Crippen molar-refractivity contribution in [2.75, 3.05) is 6.54 Å². The van der Waals surface area contributed by atoms with E-state index in [9.17, 15) is 13.6 Å². The van der Waals surface area contributed by atoms with Crippen molar-refractivity contribution in [2.24, 2.45) is 0 Å². The highest BCUT2D eigenvalue weighted by atomic mass is 19.3. The predicted octanol–water partition coefficient (Wildman–Crippen LogP) is 1.89. The van der Waals surface area contributed by atoms with Crippen molar-refractivity contribution in [3.8, 4) is 0 Å². The van der Waals surface area contributed by atoms with Crippen molar-refractivity contribution in [3.63, 3.8) is 0 Å². The molecule has 0 radical (unpaired) electrons.